The second-order valence-electron chi connectivity index (χ2n) is 6.72. The minimum absolute atomic E-state index is 0.166. The van der Waals surface area contributed by atoms with Gasteiger partial charge in [0.15, 0.2) is 0 Å². The first kappa shape index (κ1) is 19.7. The molecule has 0 saturated heterocycles. The topological polar surface area (TPSA) is 63.1 Å². The van der Waals surface area contributed by atoms with Crippen molar-refractivity contribution in [2.24, 2.45) is 0 Å². The van der Waals surface area contributed by atoms with Crippen molar-refractivity contribution in [3.8, 4) is 0 Å². The third-order valence-electron chi connectivity index (χ3n) is 4.38. The fourth-order valence-electron chi connectivity index (χ4n) is 3.09. The summed E-state index contributed by atoms with van der Waals surface area (Å²) in [5, 5.41) is 5.48. The SMILES string of the molecule is Cc1ccc(C(=O)NCCNC(=O)c2cc(C)n(C(C)C)c2C)cc1F. The minimum Gasteiger partial charge on any atom is -0.350 e. The molecule has 0 saturated carbocycles. The standard InChI is InChI=1S/C20H26FN3O2/c1-12(2)24-14(4)10-17(15(24)5)20(26)23-9-8-22-19(25)16-7-6-13(3)18(21)11-16/h6-7,10-12H,8-9H2,1-5H3,(H,22,25)(H,23,26). The molecule has 140 valence electrons. The van der Waals surface area contributed by atoms with Gasteiger partial charge in [0.2, 0.25) is 0 Å². The van der Waals surface area contributed by atoms with Crippen LogP contribution in [-0.2, 0) is 0 Å². The van der Waals surface area contributed by atoms with Crippen molar-refractivity contribution in [2.75, 3.05) is 13.1 Å². The molecule has 1 aromatic carbocycles. The Balaban J connectivity index is 1.88. The Morgan fingerprint density at radius 2 is 1.65 bits per heavy atom. The number of hydrogen-bond acceptors (Lipinski definition) is 2. The van der Waals surface area contributed by atoms with Crippen molar-refractivity contribution >= 4 is 11.8 Å². The molecule has 0 spiro atoms. The van der Waals surface area contributed by atoms with Crippen LogP contribution in [-0.4, -0.2) is 29.5 Å². The second kappa shape index (κ2) is 8.17. The Bertz CT molecular complexity index is 825. The molecule has 0 aliphatic heterocycles. The third kappa shape index (κ3) is 4.31. The minimum atomic E-state index is -0.411. The Morgan fingerprint density at radius 3 is 2.19 bits per heavy atom. The maximum absolute atomic E-state index is 13.5. The molecule has 0 aliphatic carbocycles. The summed E-state index contributed by atoms with van der Waals surface area (Å²) >= 11 is 0. The van der Waals surface area contributed by atoms with Gasteiger partial charge in [0, 0.05) is 36.1 Å². The lowest BCUT2D eigenvalue weighted by molar-refractivity contribution is 0.0927. The highest BCUT2D eigenvalue weighted by molar-refractivity contribution is 5.96. The van der Waals surface area contributed by atoms with Gasteiger partial charge in [0.25, 0.3) is 11.8 Å². The van der Waals surface area contributed by atoms with E-state index < -0.39 is 5.82 Å². The molecular weight excluding hydrogens is 333 g/mol. The monoisotopic (exact) mass is 359 g/mol. The first-order valence-corrected chi connectivity index (χ1v) is 8.73. The van der Waals surface area contributed by atoms with Crippen molar-refractivity contribution in [2.45, 2.75) is 40.7 Å². The summed E-state index contributed by atoms with van der Waals surface area (Å²) in [7, 11) is 0. The predicted molar refractivity (Wildman–Crippen MR) is 100 cm³/mol. The molecule has 0 radical (unpaired) electrons. The van der Waals surface area contributed by atoms with Gasteiger partial charge < -0.3 is 15.2 Å². The average molecular weight is 359 g/mol. The van der Waals surface area contributed by atoms with Gasteiger partial charge >= 0.3 is 0 Å². The van der Waals surface area contributed by atoms with Gasteiger partial charge in [-0.2, -0.15) is 0 Å². The van der Waals surface area contributed by atoms with E-state index in [1.165, 1.54) is 6.07 Å². The average Bonchev–Trinajstić information content (AvgIpc) is 2.88. The molecule has 0 aliphatic rings. The van der Waals surface area contributed by atoms with Gasteiger partial charge in [-0.15, -0.1) is 0 Å². The smallest absolute Gasteiger partial charge is 0.253 e. The molecule has 5 nitrogen and oxygen atoms in total. The highest BCUT2D eigenvalue weighted by Gasteiger charge is 2.16. The molecule has 2 amide bonds. The molecule has 0 fully saturated rings. The quantitative estimate of drug-likeness (QED) is 0.778. The number of halogens is 1. The van der Waals surface area contributed by atoms with E-state index in [4.69, 9.17) is 0 Å². The summed E-state index contributed by atoms with van der Waals surface area (Å²) in [5.74, 6) is -0.941. The van der Waals surface area contributed by atoms with Crippen molar-refractivity contribution in [3.05, 3.63) is 58.2 Å². The van der Waals surface area contributed by atoms with Crippen molar-refractivity contribution in [1.29, 1.82) is 0 Å². The number of aryl methyl sites for hydroxylation is 2. The number of amides is 2. The van der Waals surface area contributed by atoms with Gasteiger partial charge in [0.1, 0.15) is 5.82 Å². The fourth-order valence-corrected chi connectivity index (χ4v) is 3.09. The molecule has 0 unspecified atom stereocenters. The first-order valence-electron chi connectivity index (χ1n) is 8.73. The molecule has 0 bridgehead atoms. The normalized spacial score (nSPS) is 10.9. The highest BCUT2D eigenvalue weighted by Crippen LogP contribution is 2.19. The number of rotatable bonds is 6. The van der Waals surface area contributed by atoms with Crippen LogP contribution in [0.5, 0.6) is 0 Å². The molecule has 2 rings (SSSR count). The predicted octanol–water partition coefficient (Wildman–Crippen LogP) is 3.29. The zero-order valence-electron chi connectivity index (χ0n) is 15.9. The fraction of sp³-hybridized carbons (Fsp3) is 0.400. The van der Waals surface area contributed by atoms with Crippen LogP contribution in [0.4, 0.5) is 4.39 Å². The summed E-state index contributed by atoms with van der Waals surface area (Å²) in [6.07, 6.45) is 0. The van der Waals surface area contributed by atoms with Crippen molar-refractivity contribution in [1.82, 2.24) is 15.2 Å². The zero-order valence-corrected chi connectivity index (χ0v) is 15.9. The van der Waals surface area contributed by atoms with Crippen LogP contribution < -0.4 is 10.6 Å². The van der Waals surface area contributed by atoms with E-state index in [0.717, 1.165) is 11.4 Å². The largest absolute Gasteiger partial charge is 0.350 e. The van der Waals surface area contributed by atoms with Gasteiger partial charge in [-0.25, -0.2) is 4.39 Å². The van der Waals surface area contributed by atoms with Crippen LogP contribution >= 0.6 is 0 Å². The molecule has 0 atom stereocenters. The van der Waals surface area contributed by atoms with E-state index in [-0.39, 0.29) is 30.0 Å². The van der Waals surface area contributed by atoms with E-state index >= 15 is 0 Å². The Hall–Kier alpha value is -2.63. The first-order chi connectivity index (χ1) is 12.2. The number of aromatic nitrogens is 1. The van der Waals surface area contributed by atoms with Gasteiger partial charge in [-0.05, 0) is 58.4 Å². The van der Waals surface area contributed by atoms with Crippen molar-refractivity contribution < 1.29 is 14.0 Å². The molecule has 2 N–H and O–H groups in total. The third-order valence-corrected chi connectivity index (χ3v) is 4.38. The molecular formula is C20H26FN3O2. The molecule has 6 heteroatoms. The van der Waals surface area contributed by atoms with E-state index in [1.54, 1.807) is 19.1 Å². The number of hydrogen-bond donors (Lipinski definition) is 2. The van der Waals surface area contributed by atoms with E-state index in [9.17, 15) is 14.0 Å². The molecule has 1 aromatic heterocycles. The molecule has 1 heterocycles. The summed E-state index contributed by atoms with van der Waals surface area (Å²) in [5.41, 5.74) is 3.36. The second-order valence-corrected chi connectivity index (χ2v) is 6.72. The maximum Gasteiger partial charge on any atom is 0.253 e. The summed E-state index contributed by atoms with van der Waals surface area (Å²) in [6, 6.07) is 6.51. The van der Waals surface area contributed by atoms with E-state index in [2.05, 4.69) is 29.0 Å². The van der Waals surface area contributed by atoms with Crippen LogP contribution in [0, 0.1) is 26.6 Å². The molecule has 2 aromatic rings. The lowest BCUT2D eigenvalue weighted by Crippen LogP contribution is -2.34. The lowest BCUT2D eigenvalue weighted by Gasteiger charge is -2.13. The van der Waals surface area contributed by atoms with Crippen LogP contribution in [0.1, 0.15) is 57.6 Å². The maximum atomic E-state index is 13.5. The zero-order chi connectivity index (χ0) is 19.4. The van der Waals surface area contributed by atoms with Gasteiger partial charge in [-0.1, -0.05) is 6.07 Å². The van der Waals surface area contributed by atoms with Crippen molar-refractivity contribution in [3.63, 3.8) is 0 Å². The summed E-state index contributed by atoms with van der Waals surface area (Å²) in [4.78, 5) is 24.4. The van der Waals surface area contributed by atoms with Crippen LogP contribution in [0.3, 0.4) is 0 Å². The number of carbonyl (C=O) groups is 2. The Morgan fingerprint density at radius 1 is 1.04 bits per heavy atom. The number of benzene rings is 1. The van der Waals surface area contributed by atoms with Crippen LogP contribution in [0.25, 0.3) is 0 Å². The van der Waals surface area contributed by atoms with E-state index in [0.29, 0.717) is 17.7 Å². The highest BCUT2D eigenvalue weighted by atomic mass is 19.1. The number of carbonyl (C=O) groups excluding carboxylic acids is 2. The molecule has 26 heavy (non-hydrogen) atoms. The Kier molecular flexibility index (Phi) is 6.18. The summed E-state index contributed by atoms with van der Waals surface area (Å²) < 4.78 is 15.6. The van der Waals surface area contributed by atoms with Gasteiger partial charge in [-0.3, -0.25) is 9.59 Å². The summed E-state index contributed by atoms with van der Waals surface area (Å²) in [6.45, 7) is 10.3. The van der Waals surface area contributed by atoms with Gasteiger partial charge in [0.05, 0.1) is 5.56 Å². The lowest BCUT2D eigenvalue weighted by atomic mass is 10.1. The van der Waals surface area contributed by atoms with Crippen LogP contribution in [0.15, 0.2) is 24.3 Å². The van der Waals surface area contributed by atoms with E-state index in [1.807, 2.05) is 19.9 Å². The number of nitrogens with zero attached hydrogens (tertiary/aromatic N) is 1. The van der Waals surface area contributed by atoms with Crippen LogP contribution in [0.2, 0.25) is 0 Å². The Labute approximate surface area is 153 Å². The number of nitrogens with one attached hydrogen (secondary N) is 2.